The van der Waals surface area contributed by atoms with E-state index in [2.05, 4.69) is 26.6 Å². The second-order valence-corrected chi connectivity index (χ2v) is 6.57. The van der Waals surface area contributed by atoms with E-state index in [9.17, 15) is 4.79 Å². The first-order valence-electron chi connectivity index (χ1n) is 9.54. The Morgan fingerprint density at radius 1 is 1.31 bits per heavy atom. The fourth-order valence-corrected chi connectivity index (χ4v) is 3.36. The molecule has 6 nitrogen and oxygen atoms in total. The second-order valence-electron chi connectivity index (χ2n) is 6.57. The third-order valence-corrected chi connectivity index (χ3v) is 4.83. The van der Waals surface area contributed by atoms with Gasteiger partial charge in [0.15, 0.2) is 5.96 Å². The van der Waals surface area contributed by atoms with Gasteiger partial charge in [-0.05, 0) is 43.7 Å². The molecule has 0 aromatic heterocycles. The largest absolute Gasteiger partial charge is 0.494 e. The van der Waals surface area contributed by atoms with E-state index in [-0.39, 0.29) is 5.91 Å². The number of ether oxygens (including phenoxy) is 1. The van der Waals surface area contributed by atoms with Crippen LogP contribution in [0.2, 0.25) is 0 Å². The Hall–Kier alpha value is -2.24. The lowest BCUT2D eigenvalue weighted by molar-refractivity contribution is -0.121. The fraction of sp³-hybridized carbons (Fsp3) is 0.600. The molecule has 0 bridgehead atoms. The van der Waals surface area contributed by atoms with Crippen molar-refractivity contribution in [1.82, 2.24) is 15.5 Å². The van der Waals surface area contributed by atoms with E-state index in [4.69, 9.17) is 4.74 Å². The predicted octanol–water partition coefficient (Wildman–Crippen LogP) is 2.05. The maximum atomic E-state index is 11.5. The van der Waals surface area contributed by atoms with Gasteiger partial charge in [-0.2, -0.15) is 0 Å². The first kappa shape index (κ1) is 20.1. The van der Waals surface area contributed by atoms with Gasteiger partial charge in [0.25, 0.3) is 0 Å². The molecule has 6 heteroatoms. The average molecular weight is 361 g/mol. The monoisotopic (exact) mass is 360 g/mol. The first-order valence-corrected chi connectivity index (χ1v) is 9.54. The quantitative estimate of drug-likeness (QED) is 0.577. The normalized spacial score (nSPS) is 15.7. The molecule has 0 saturated carbocycles. The van der Waals surface area contributed by atoms with Gasteiger partial charge < -0.3 is 20.3 Å². The Morgan fingerprint density at radius 2 is 2.04 bits per heavy atom. The SMILES string of the molecule is CCOc1ccccc1CCNC(=NC)N1CCC(CC(=O)NC)CC1. The summed E-state index contributed by atoms with van der Waals surface area (Å²) in [6.45, 7) is 5.38. The van der Waals surface area contributed by atoms with Crippen molar-refractivity contribution in [2.75, 3.05) is 40.3 Å². The highest BCUT2D eigenvalue weighted by atomic mass is 16.5. The number of rotatable bonds is 7. The second kappa shape index (κ2) is 10.7. The van der Waals surface area contributed by atoms with Crippen LogP contribution < -0.4 is 15.4 Å². The highest BCUT2D eigenvalue weighted by Gasteiger charge is 2.22. The van der Waals surface area contributed by atoms with Crippen molar-refractivity contribution in [2.45, 2.75) is 32.6 Å². The van der Waals surface area contributed by atoms with Gasteiger partial charge >= 0.3 is 0 Å². The zero-order valence-electron chi connectivity index (χ0n) is 16.3. The van der Waals surface area contributed by atoms with Crippen molar-refractivity contribution in [1.29, 1.82) is 0 Å². The van der Waals surface area contributed by atoms with Crippen molar-refractivity contribution in [3.8, 4) is 5.75 Å². The molecule has 1 amide bonds. The predicted molar refractivity (Wildman–Crippen MR) is 106 cm³/mol. The lowest BCUT2D eigenvalue weighted by Gasteiger charge is -2.34. The summed E-state index contributed by atoms with van der Waals surface area (Å²) in [4.78, 5) is 18.2. The number of nitrogens with zero attached hydrogens (tertiary/aromatic N) is 2. The molecule has 0 aliphatic carbocycles. The van der Waals surface area contributed by atoms with E-state index in [0.29, 0.717) is 18.9 Å². The van der Waals surface area contributed by atoms with Crippen LogP contribution in [0.25, 0.3) is 0 Å². The zero-order valence-corrected chi connectivity index (χ0v) is 16.3. The van der Waals surface area contributed by atoms with Gasteiger partial charge in [-0.3, -0.25) is 9.79 Å². The molecule has 2 rings (SSSR count). The molecule has 2 N–H and O–H groups in total. The lowest BCUT2D eigenvalue weighted by Crippen LogP contribution is -2.46. The molecule has 1 aliphatic rings. The summed E-state index contributed by atoms with van der Waals surface area (Å²) in [5.41, 5.74) is 1.21. The molecule has 0 spiro atoms. The number of carbonyl (C=O) groups is 1. The van der Waals surface area contributed by atoms with Crippen LogP contribution in [0.15, 0.2) is 29.3 Å². The molecule has 1 aliphatic heterocycles. The van der Waals surface area contributed by atoms with Crippen LogP contribution in [-0.4, -0.2) is 57.1 Å². The number of likely N-dealkylation sites (tertiary alicyclic amines) is 1. The Labute approximate surface area is 157 Å². The molecule has 26 heavy (non-hydrogen) atoms. The molecule has 1 saturated heterocycles. The highest BCUT2D eigenvalue weighted by Crippen LogP contribution is 2.21. The topological polar surface area (TPSA) is 66.0 Å². The van der Waals surface area contributed by atoms with E-state index in [1.54, 1.807) is 7.05 Å². The fourth-order valence-electron chi connectivity index (χ4n) is 3.36. The minimum atomic E-state index is 0.138. The van der Waals surface area contributed by atoms with Gasteiger partial charge in [-0.25, -0.2) is 0 Å². The lowest BCUT2D eigenvalue weighted by atomic mass is 9.93. The summed E-state index contributed by atoms with van der Waals surface area (Å²) in [6, 6.07) is 8.18. The Morgan fingerprint density at radius 3 is 2.69 bits per heavy atom. The summed E-state index contributed by atoms with van der Waals surface area (Å²) in [5, 5.41) is 6.18. The molecule has 0 atom stereocenters. The minimum absolute atomic E-state index is 0.138. The molecule has 1 fully saturated rings. The van der Waals surface area contributed by atoms with Crippen molar-refractivity contribution >= 4 is 11.9 Å². The van der Waals surface area contributed by atoms with E-state index in [0.717, 1.165) is 50.6 Å². The molecule has 144 valence electrons. The number of para-hydroxylation sites is 1. The molecule has 1 aromatic rings. The Balaban J connectivity index is 1.79. The smallest absolute Gasteiger partial charge is 0.220 e. The zero-order chi connectivity index (χ0) is 18.8. The molecule has 1 aromatic carbocycles. The van der Waals surface area contributed by atoms with Crippen LogP contribution in [0, 0.1) is 5.92 Å². The number of amides is 1. The number of piperidine rings is 1. The third kappa shape index (κ3) is 5.93. The summed E-state index contributed by atoms with van der Waals surface area (Å²) in [5.74, 6) is 2.51. The van der Waals surface area contributed by atoms with Crippen molar-refractivity contribution in [3.63, 3.8) is 0 Å². The van der Waals surface area contributed by atoms with Gasteiger partial charge in [-0.1, -0.05) is 18.2 Å². The Kier molecular flexibility index (Phi) is 8.25. The van der Waals surface area contributed by atoms with E-state index in [1.165, 1.54) is 5.56 Å². The maximum Gasteiger partial charge on any atom is 0.220 e. The number of aliphatic imine (C=N–C) groups is 1. The van der Waals surface area contributed by atoms with Crippen molar-refractivity contribution < 1.29 is 9.53 Å². The summed E-state index contributed by atoms with van der Waals surface area (Å²) in [7, 11) is 3.53. The van der Waals surface area contributed by atoms with Crippen LogP contribution >= 0.6 is 0 Å². The summed E-state index contributed by atoms with van der Waals surface area (Å²) in [6.07, 6.45) is 3.58. The minimum Gasteiger partial charge on any atom is -0.494 e. The maximum absolute atomic E-state index is 11.5. The number of hydrogen-bond acceptors (Lipinski definition) is 3. The van der Waals surface area contributed by atoms with Crippen LogP contribution in [0.1, 0.15) is 31.7 Å². The highest BCUT2D eigenvalue weighted by molar-refractivity contribution is 5.80. The van der Waals surface area contributed by atoms with Crippen LogP contribution in [0.4, 0.5) is 0 Å². The van der Waals surface area contributed by atoms with Gasteiger partial charge in [0.1, 0.15) is 5.75 Å². The average Bonchev–Trinajstić information content (AvgIpc) is 2.67. The van der Waals surface area contributed by atoms with E-state index < -0.39 is 0 Å². The molecular weight excluding hydrogens is 328 g/mol. The number of hydrogen-bond donors (Lipinski definition) is 2. The van der Waals surface area contributed by atoms with E-state index in [1.807, 2.05) is 32.2 Å². The molecular formula is C20H32N4O2. The van der Waals surface area contributed by atoms with Gasteiger partial charge in [0.2, 0.25) is 5.91 Å². The van der Waals surface area contributed by atoms with Crippen LogP contribution in [0.3, 0.4) is 0 Å². The summed E-state index contributed by atoms with van der Waals surface area (Å²) >= 11 is 0. The van der Waals surface area contributed by atoms with Gasteiger partial charge in [-0.15, -0.1) is 0 Å². The third-order valence-electron chi connectivity index (χ3n) is 4.83. The van der Waals surface area contributed by atoms with Gasteiger partial charge in [0.05, 0.1) is 6.61 Å². The van der Waals surface area contributed by atoms with Gasteiger partial charge in [0, 0.05) is 40.2 Å². The van der Waals surface area contributed by atoms with Crippen LogP contribution in [0.5, 0.6) is 5.75 Å². The number of carbonyl (C=O) groups excluding carboxylic acids is 1. The first-order chi connectivity index (χ1) is 12.7. The standard InChI is InChI=1S/C20H32N4O2/c1-4-26-18-8-6-5-7-17(18)9-12-23-20(22-3)24-13-10-16(11-14-24)15-19(25)21-2/h5-8,16H,4,9-15H2,1-3H3,(H,21,25)(H,22,23). The Bertz CT molecular complexity index is 595. The molecule has 0 unspecified atom stereocenters. The number of nitrogens with one attached hydrogen (secondary N) is 2. The van der Waals surface area contributed by atoms with Crippen LogP contribution in [-0.2, 0) is 11.2 Å². The molecule has 1 heterocycles. The number of guanidine groups is 1. The van der Waals surface area contributed by atoms with E-state index >= 15 is 0 Å². The van der Waals surface area contributed by atoms with Crippen molar-refractivity contribution in [3.05, 3.63) is 29.8 Å². The number of benzene rings is 1. The van der Waals surface area contributed by atoms with Crippen molar-refractivity contribution in [2.24, 2.45) is 10.9 Å². The molecule has 0 radical (unpaired) electrons. The summed E-state index contributed by atoms with van der Waals surface area (Å²) < 4.78 is 5.69.